The van der Waals surface area contributed by atoms with Crippen LogP contribution in [0.3, 0.4) is 0 Å². The highest BCUT2D eigenvalue weighted by Crippen LogP contribution is 2.40. The number of aliphatic imine (C=N–C) groups is 1. The zero-order valence-corrected chi connectivity index (χ0v) is 12.9. The Bertz CT molecular complexity index is 591. The second-order valence-corrected chi connectivity index (χ2v) is 5.63. The van der Waals surface area contributed by atoms with Gasteiger partial charge in [-0.25, -0.2) is 0 Å². The molecule has 0 aliphatic heterocycles. The van der Waals surface area contributed by atoms with E-state index in [2.05, 4.69) is 51.1 Å². The number of nitrogens with one attached hydrogen (secondary N) is 2. The van der Waals surface area contributed by atoms with Crippen molar-refractivity contribution in [1.82, 2.24) is 20.4 Å². The predicted octanol–water partition coefficient (Wildman–Crippen LogP) is 1.99. The van der Waals surface area contributed by atoms with Crippen LogP contribution >= 0.6 is 0 Å². The molecule has 5 heteroatoms. The zero-order chi connectivity index (χ0) is 15.2. The van der Waals surface area contributed by atoms with Crippen LogP contribution in [0.25, 0.3) is 0 Å². The zero-order valence-electron chi connectivity index (χ0n) is 12.9. The van der Waals surface area contributed by atoms with Crippen molar-refractivity contribution in [3.05, 3.63) is 54.4 Å². The SMILES string of the molecule is CN=C(NCCCn1cccn1)NC1CC1c1ccccc1. The molecule has 3 rings (SSSR count). The first-order chi connectivity index (χ1) is 10.9. The van der Waals surface area contributed by atoms with Gasteiger partial charge in [0.05, 0.1) is 0 Å². The lowest BCUT2D eigenvalue weighted by atomic mass is 10.1. The number of benzene rings is 1. The molecule has 0 saturated heterocycles. The van der Waals surface area contributed by atoms with Gasteiger partial charge in [0.15, 0.2) is 5.96 Å². The molecular formula is C17H23N5. The summed E-state index contributed by atoms with van der Waals surface area (Å²) in [6.07, 6.45) is 6.00. The normalized spacial score (nSPS) is 20.7. The van der Waals surface area contributed by atoms with Gasteiger partial charge < -0.3 is 10.6 Å². The van der Waals surface area contributed by atoms with Gasteiger partial charge >= 0.3 is 0 Å². The molecule has 0 amide bonds. The van der Waals surface area contributed by atoms with Crippen LogP contribution in [0.2, 0.25) is 0 Å². The first-order valence-electron chi connectivity index (χ1n) is 7.86. The van der Waals surface area contributed by atoms with Crippen molar-refractivity contribution in [1.29, 1.82) is 0 Å². The maximum absolute atomic E-state index is 4.30. The summed E-state index contributed by atoms with van der Waals surface area (Å²) in [5, 5.41) is 11.1. The standard InChI is InChI=1S/C17H23N5/c1-18-17(19-9-5-11-22-12-6-10-20-22)21-16-13-15(16)14-7-3-2-4-8-14/h2-4,6-8,10,12,15-16H,5,9,11,13H2,1H3,(H2,18,19,21). The molecule has 1 aromatic carbocycles. The van der Waals surface area contributed by atoms with Gasteiger partial charge in [0.25, 0.3) is 0 Å². The minimum Gasteiger partial charge on any atom is -0.356 e. The summed E-state index contributed by atoms with van der Waals surface area (Å²) < 4.78 is 1.95. The molecule has 116 valence electrons. The molecule has 1 aliphatic carbocycles. The van der Waals surface area contributed by atoms with Gasteiger partial charge in [-0.3, -0.25) is 9.67 Å². The molecule has 2 aromatic rings. The van der Waals surface area contributed by atoms with Gasteiger partial charge in [-0.2, -0.15) is 5.10 Å². The molecule has 2 N–H and O–H groups in total. The number of aromatic nitrogens is 2. The van der Waals surface area contributed by atoms with E-state index in [4.69, 9.17) is 0 Å². The van der Waals surface area contributed by atoms with E-state index in [1.165, 1.54) is 12.0 Å². The Morgan fingerprint density at radius 2 is 2.18 bits per heavy atom. The van der Waals surface area contributed by atoms with Gasteiger partial charge in [-0.05, 0) is 24.5 Å². The number of rotatable bonds is 6. The lowest BCUT2D eigenvalue weighted by Crippen LogP contribution is -2.39. The highest BCUT2D eigenvalue weighted by molar-refractivity contribution is 5.80. The molecule has 22 heavy (non-hydrogen) atoms. The van der Waals surface area contributed by atoms with E-state index >= 15 is 0 Å². The van der Waals surface area contributed by atoms with Crippen LogP contribution in [0.5, 0.6) is 0 Å². The minimum atomic E-state index is 0.500. The van der Waals surface area contributed by atoms with Crippen LogP contribution in [0, 0.1) is 0 Å². The summed E-state index contributed by atoms with van der Waals surface area (Å²) in [6.45, 7) is 1.81. The van der Waals surface area contributed by atoms with E-state index in [-0.39, 0.29) is 0 Å². The molecule has 2 atom stereocenters. The fourth-order valence-corrected chi connectivity index (χ4v) is 2.67. The van der Waals surface area contributed by atoms with Crippen molar-refractivity contribution in [3.8, 4) is 0 Å². The van der Waals surface area contributed by atoms with Gasteiger partial charge in [-0.1, -0.05) is 30.3 Å². The second-order valence-electron chi connectivity index (χ2n) is 5.63. The largest absolute Gasteiger partial charge is 0.356 e. The first kappa shape index (κ1) is 14.6. The van der Waals surface area contributed by atoms with Crippen LogP contribution in [-0.2, 0) is 6.54 Å². The van der Waals surface area contributed by atoms with Crippen molar-refractivity contribution in [3.63, 3.8) is 0 Å². The fourth-order valence-electron chi connectivity index (χ4n) is 2.67. The molecule has 2 unspecified atom stereocenters. The molecule has 1 heterocycles. The summed E-state index contributed by atoms with van der Waals surface area (Å²) in [7, 11) is 1.82. The highest BCUT2D eigenvalue weighted by atomic mass is 15.3. The second kappa shape index (κ2) is 7.11. The molecule has 1 fully saturated rings. The Kier molecular flexibility index (Phi) is 4.73. The molecule has 0 spiro atoms. The van der Waals surface area contributed by atoms with Gasteiger partial charge in [0, 0.05) is 44.5 Å². The van der Waals surface area contributed by atoms with Gasteiger partial charge in [0.1, 0.15) is 0 Å². The number of aryl methyl sites for hydroxylation is 1. The maximum Gasteiger partial charge on any atom is 0.191 e. The monoisotopic (exact) mass is 297 g/mol. The Hall–Kier alpha value is -2.30. The van der Waals surface area contributed by atoms with Crippen LogP contribution < -0.4 is 10.6 Å². The van der Waals surface area contributed by atoms with Crippen molar-refractivity contribution in [2.45, 2.75) is 31.3 Å². The Balaban J connectivity index is 1.38. The third kappa shape index (κ3) is 3.87. The molecular weight excluding hydrogens is 274 g/mol. The highest BCUT2D eigenvalue weighted by Gasteiger charge is 2.38. The molecule has 0 radical (unpaired) electrons. The van der Waals surface area contributed by atoms with E-state index in [9.17, 15) is 0 Å². The summed E-state index contributed by atoms with van der Waals surface area (Å²) in [6, 6.07) is 13.1. The Labute approximate surface area is 131 Å². The van der Waals surface area contributed by atoms with Crippen molar-refractivity contribution < 1.29 is 0 Å². The van der Waals surface area contributed by atoms with E-state index in [1.54, 1.807) is 0 Å². The summed E-state index contributed by atoms with van der Waals surface area (Å²) >= 11 is 0. The predicted molar refractivity (Wildman–Crippen MR) is 88.9 cm³/mol. The molecule has 5 nitrogen and oxygen atoms in total. The quantitative estimate of drug-likeness (QED) is 0.487. The van der Waals surface area contributed by atoms with E-state index < -0.39 is 0 Å². The smallest absolute Gasteiger partial charge is 0.191 e. The number of hydrogen-bond acceptors (Lipinski definition) is 2. The molecule has 1 aromatic heterocycles. The maximum atomic E-state index is 4.30. The fraction of sp³-hybridized carbons (Fsp3) is 0.412. The summed E-state index contributed by atoms with van der Waals surface area (Å²) in [5.41, 5.74) is 1.41. The van der Waals surface area contributed by atoms with Crippen LogP contribution in [-0.4, -0.2) is 35.4 Å². The van der Waals surface area contributed by atoms with E-state index in [1.807, 2.05) is 30.2 Å². The molecule has 1 saturated carbocycles. The minimum absolute atomic E-state index is 0.500. The Morgan fingerprint density at radius 1 is 1.32 bits per heavy atom. The van der Waals surface area contributed by atoms with E-state index in [0.717, 1.165) is 25.5 Å². The lowest BCUT2D eigenvalue weighted by molar-refractivity contribution is 0.570. The van der Waals surface area contributed by atoms with Gasteiger partial charge in [0.2, 0.25) is 0 Å². The van der Waals surface area contributed by atoms with Crippen molar-refractivity contribution in [2.24, 2.45) is 4.99 Å². The number of guanidine groups is 1. The van der Waals surface area contributed by atoms with E-state index in [0.29, 0.717) is 12.0 Å². The lowest BCUT2D eigenvalue weighted by Gasteiger charge is -2.12. The number of hydrogen-bond donors (Lipinski definition) is 2. The number of nitrogens with zero attached hydrogens (tertiary/aromatic N) is 3. The topological polar surface area (TPSA) is 54.2 Å². The summed E-state index contributed by atoms with van der Waals surface area (Å²) in [5.74, 6) is 1.51. The average molecular weight is 297 g/mol. The van der Waals surface area contributed by atoms with Crippen molar-refractivity contribution in [2.75, 3.05) is 13.6 Å². The van der Waals surface area contributed by atoms with Crippen LogP contribution in [0.1, 0.15) is 24.3 Å². The van der Waals surface area contributed by atoms with Gasteiger partial charge in [-0.15, -0.1) is 0 Å². The summed E-state index contributed by atoms with van der Waals surface area (Å²) in [4.78, 5) is 4.30. The Morgan fingerprint density at radius 3 is 2.91 bits per heavy atom. The van der Waals surface area contributed by atoms with Crippen LogP contribution in [0.15, 0.2) is 53.8 Å². The third-order valence-corrected chi connectivity index (χ3v) is 3.98. The molecule has 0 bridgehead atoms. The van der Waals surface area contributed by atoms with Crippen molar-refractivity contribution >= 4 is 5.96 Å². The first-order valence-corrected chi connectivity index (χ1v) is 7.86. The average Bonchev–Trinajstić information content (AvgIpc) is 3.13. The molecule has 1 aliphatic rings. The van der Waals surface area contributed by atoms with Crippen LogP contribution in [0.4, 0.5) is 0 Å². The third-order valence-electron chi connectivity index (χ3n) is 3.98.